The minimum atomic E-state index is -0.376. The van der Waals surface area contributed by atoms with Crippen LogP contribution < -0.4 is 0 Å². The Morgan fingerprint density at radius 3 is 1.72 bits per heavy atom. The zero-order chi connectivity index (χ0) is 25.2. The first-order valence-corrected chi connectivity index (χ1v) is 12.3. The number of hydrogen-bond acceptors (Lipinski definition) is 3. The lowest BCUT2D eigenvalue weighted by Gasteiger charge is -2.13. The molecule has 0 spiro atoms. The second kappa shape index (κ2) is 9.90. The summed E-state index contributed by atoms with van der Waals surface area (Å²) in [5.74, 6) is 0.996. The van der Waals surface area contributed by atoms with Crippen molar-refractivity contribution in [2.24, 2.45) is 0 Å². The molecule has 0 aliphatic heterocycles. The third-order valence-corrected chi connectivity index (χ3v) is 6.56. The molecule has 0 aliphatic carbocycles. The number of halogens is 1. The van der Waals surface area contributed by atoms with Crippen LogP contribution in [-0.4, -0.2) is 10.1 Å². The summed E-state index contributed by atoms with van der Waals surface area (Å²) >= 11 is 0. The van der Waals surface area contributed by atoms with Crippen molar-refractivity contribution in [3.8, 4) is 45.1 Å². The Labute approximate surface area is 211 Å². The summed E-state index contributed by atoms with van der Waals surface area (Å²) in [5, 5.41) is 4.06. The standard InChI is InChI=1S/C32H29FN2O/c1-20(2)25-9-5-7-11-27(25)22-13-15-23(16-14-22)32-34-31(35-36-32)29-18-17-24(19-30(29)33)28-12-8-6-10-26(28)21(3)4/h5-21H,1-4H3. The van der Waals surface area contributed by atoms with E-state index >= 15 is 4.39 Å². The normalized spacial score (nSPS) is 11.4. The smallest absolute Gasteiger partial charge is 0.258 e. The zero-order valence-electron chi connectivity index (χ0n) is 21.0. The maximum atomic E-state index is 15.2. The Balaban J connectivity index is 1.42. The lowest BCUT2D eigenvalue weighted by atomic mass is 9.92. The number of benzene rings is 4. The van der Waals surface area contributed by atoms with Gasteiger partial charge in [-0.1, -0.05) is 99.6 Å². The van der Waals surface area contributed by atoms with Gasteiger partial charge in [-0.25, -0.2) is 4.39 Å². The summed E-state index contributed by atoms with van der Waals surface area (Å²) in [6.07, 6.45) is 0. The summed E-state index contributed by atoms with van der Waals surface area (Å²) in [4.78, 5) is 4.49. The Bertz CT molecular complexity index is 1500. The van der Waals surface area contributed by atoms with Crippen LogP contribution >= 0.6 is 0 Å². The van der Waals surface area contributed by atoms with Crippen LogP contribution in [0.25, 0.3) is 45.1 Å². The zero-order valence-corrected chi connectivity index (χ0v) is 21.0. The maximum absolute atomic E-state index is 15.2. The SMILES string of the molecule is CC(C)c1ccccc1-c1ccc(-c2nc(-c3ccc(-c4ccccc4C(C)C)cc3F)no2)cc1. The third-order valence-electron chi connectivity index (χ3n) is 6.56. The van der Waals surface area contributed by atoms with Crippen molar-refractivity contribution in [1.29, 1.82) is 0 Å². The van der Waals surface area contributed by atoms with Gasteiger partial charge in [-0.3, -0.25) is 0 Å². The van der Waals surface area contributed by atoms with E-state index in [1.54, 1.807) is 12.1 Å². The molecule has 0 saturated carbocycles. The molecular formula is C32H29FN2O. The molecule has 0 atom stereocenters. The fourth-order valence-corrected chi connectivity index (χ4v) is 4.63. The molecule has 0 unspecified atom stereocenters. The Morgan fingerprint density at radius 2 is 1.14 bits per heavy atom. The van der Waals surface area contributed by atoms with E-state index in [9.17, 15) is 0 Å². The molecule has 0 aliphatic rings. The van der Waals surface area contributed by atoms with Crippen molar-refractivity contribution < 1.29 is 8.91 Å². The summed E-state index contributed by atoms with van der Waals surface area (Å²) in [6.45, 7) is 8.67. The van der Waals surface area contributed by atoms with Crippen molar-refractivity contribution in [2.45, 2.75) is 39.5 Å². The summed E-state index contributed by atoms with van der Waals surface area (Å²) in [7, 11) is 0. The number of rotatable bonds is 6. The molecule has 0 bridgehead atoms. The van der Waals surface area contributed by atoms with Gasteiger partial charge in [0.2, 0.25) is 5.82 Å². The molecule has 4 aromatic carbocycles. The van der Waals surface area contributed by atoms with E-state index in [2.05, 4.69) is 80.3 Å². The van der Waals surface area contributed by atoms with Crippen LogP contribution in [0.4, 0.5) is 4.39 Å². The predicted octanol–water partition coefficient (Wildman–Crippen LogP) is 9.12. The highest BCUT2D eigenvalue weighted by Gasteiger charge is 2.17. The van der Waals surface area contributed by atoms with E-state index in [4.69, 9.17) is 4.52 Å². The Kier molecular flexibility index (Phi) is 6.51. The van der Waals surface area contributed by atoms with Crippen molar-refractivity contribution >= 4 is 0 Å². The van der Waals surface area contributed by atoms with E-state index in [1.807, 2.05) is 36.4 Å². The van der Waals surface area contributed by atoms with Gasteiger partial charge in [0.15, 0.2) is 0 Å². The maximum Gasteiger partial charge on any atom is 0.258 e. The van der Waals surface area contributed by atoms with Gasteiger partial charge in [0, 0.05) is 5.56 Å². The first kappa shape index (κ1) is 23.7. The van der Waals surface area contributed by atoms with Crippen molar-refractivity contribution in [3.05, 3.63) is 108 Å². The third kappa shape index (κ3) is 4.59. The first-order valence-electron chi connectivity index (χ1n) is 12.3. The first-order chi connectivity index (χ1) is 17.4. The lowest BCUT2D eigenvalue weighted by Crippen LogP contribution is -1.94. The molecule has 0 radical (unpaired) electrons. The van der Waals surface area contributed by atoms with Crippen molar-refractivity contribution in [2.75, 3.05) is 0 Å². The molecule has 180 valence electrons. The molecule has 1 heterocycles. The van der Waals surface area contributed by atoms with Gasteiger partial charge >= 0.3 is 0 Å². The van der Waals surface area contributed by atoms with Crippen LogP contribution in [0.15, 0.2) is 95.5 Å². The monoisotopic (exact) mass is 476 g/mol. The second-order valence-corrected chi connectivity index (χ2v) is 9.68. The average molecular weight is 477 g/mol. The van der Waals surface area contributed by atoms with Crippen LogP contribution in [0.5, 0.6) is 0 Å². The van der Waals surface area contributed by atoms with Gasteiger partial charge < -0.3 is 4.52 Å². The van der Waals surface area contributed by atoms with E-state index in [0.717, 1.165) is 22.3 Å². The van der Waals surface area contributed by atoms with Gasteiger partial charge in [0.25, 0.3) is 5.89 Å². The van der Waals surface area contributed by atoms with E-state index < -0.39 is 0 Å². The minimum Gasteiger partial charge on any atom is -0.334 e. The largest absolute Gasteiger partial charge is 0.334 e. The highest BCUT2D eigenvalue weighted by atomic mass is 19.1. The average Bonchev–Trinajstić information content (AvgIpc) is 3.38. The second-order valence-electron chi connectivity index (χ2n) is 9.68. The summed E-state index contributed by atoms with van der Waals surface area (Å²) in [5.41, 5.74) is 7.82. The molecule has 0 fully saturated rings. The molecule has 0 N–H and O–H groups in total. The lowest BCUT2D eigenvalue weighted by molar-refractivity contribution is 0.432. The van der Waals surface area contributed by atoms with Gasteiger partial charge in [0.05, 0.1) is 5.56 Å². The van der Waals surface area contributed by atoms with Gasteiger partial charge in [0.1, 0.15) is 5.82 Å². The fraction of sp³-hybridized carbons (Fsp3) is 0.188. The van der Waals surface area contributed by atoms with Crippen molar-refractivity contribution in [3.63, 3.8) is 0 Å². The quantitative estimate of drug-likeness (QED) is 0.245. The molecule has 5 rings (SSSR count). The highest BCUT2D eigenvalue weighted by molar-refractivity contribution is 5.73. The molecule has 0 saturated heterocycles. The van der Waals surface area contributed by atoms with Gasteiger partial charge in [-0.15, -0.1) is 0 Å². The van der Waals surface area contributed by atoms with Gasteiger partial charge in [-0.05, 0) is 69.5 Å². The topological polar surface area (TPSA) is 38.9 Å². The van der Waals surface area contributed by atoms with Crippen LogP contribution in [0, 0.1) is 5.82 Å². The van der Waals surface area contributed by atoms with E-state index in [1.165, 1.54) is 16.7 Å². The van der Waals surface area contributed by atoms with E-state index in [-0.39, 0.29) is 11.6 Å². The molecular weight excluding hydrogens is 447 g/mol. The summed E-state index contributed by atoms with van der Waals surface area (Å²) in [6, 6.07) is 29.8. The Morgan fingerprint density at radius 1 is 0.611 bits per heavy atom. The highest BCUT2D eigenvalue weighted by Crippen LogP contribution is 2.33. The van der Waals surface area contributed by atoms with E-state index in [0.29, 0.717) is 23.3 Å². The molecule has 3 nitrogen and oxygen atoms in total. The van der Waals surface area contributed by atoms with Crippen LogP contribution in [0.1, 0.15) is 50.7 Å². The minimum absolute atomic E-state index is 0.237. The number of aromatic nitrogens is 2. The molecule has 4 heteroatoms. The molecule has 1 aromatic heterocycles. The van der Waals surface area contributed by atoms with Gasteiger partial charge in [-0.2, -0.15) is 4.98 Å². The summed E-state index contributed by atoms with van der Waals surface area (Å²) < 4.78 is 20.7. The fourth-order valence-electron chi connectivity index (χ4n) is 4.63. The van der Waals surface area contributed by atoms with Crippen LogP contribution in [-0.2, 0) is 0 Å². The number of nitrogens with zero attached hydrogens (tertiary/aromatic N) is 2. The Hall–Kier alpha value is -4.05. The molecule has 0 amide bonds. The predicted molar refractivity (Wildman–Crippen MR) is 144 cm³/mol. The molecule has 36 heavy (non-hydrogen) atoms. The van der Waals surface area contributed by atoms with Crippen LogP contribution in [0.2, 0.25) is 0 Å². The number of hydrogen-bond donors (Lipinski definition) is 0. The van der Waals surface area contributed by atoms with Crippen molar-refractivity contribution in [1.82, 2.24) is 10.1 Å². The van der Waals surface area contributed by atoms with Crippen LogP contribution in [0.3, 0.4) is 0 Å². The molecule has 5 aromatic rings.